The van der Waals surface area contributed by atoms with Crippen LogP contribution in [0, 0.1) is 11.8 Å². The maximum absolute atomic E-state index is 10.7. The first-order chi connectivity index (χ1) is 5.74. The van der Waals surface area contributed by atoms with Gasteiger partial charge in [0.25, 0.3) is 0 Å². The zero-order valence-electron chi connectivity index (χ0n) is 7.75. The van der Waals surface area contributed by atoms with Gasteiger partial charge in [0, 0.05) is 0 Å². The Morgan fingerprint density at radius 3 is 2.67 bits per heavy atom. The standard InChI is InChI=1S/C10H18O2/c1-2-8-4-3-5-9(7-6-8)10(11)12/h8-9H,2-7H2,1H3,(H,11,12). The molecule has 12 heavy (non-hydrogen) atoms. The first-order valence-electron chi connectivity index (χ1n) is 4.96. The zero-order chi connectivity index (χ0) is 8.97. The summed E-state index contributed by atoms with van der Waals surface area (Å²) in [5, 5.41) is 8.82. The zero-order valence-corrected chi connectivity index (χ0v) is 7.75. The van der Waals surface area contributed by atoms with E-state index in [0.717, 1.165) is 31.6 Å². The van der Waals surface area contributed by atoms with Crippen LogP contribution in [0.3, 0.4) is 0 Å². The number of aliphatic carboxylic acids is 1. The summed E-state index contributed by atoms with van der Waals surface area (Å²) < 4.78 is 0. The molecule has 2 heteroatoms. The third-order valence-electron chi connectivity index (χ3n) is 3.01. The molecule has 0 aromatic carbocycles. The summed E-state index contributed by atoms with van der Waals surface area (Å²) in [6.45, 7) is 2.20. The Kier molecular flexibility index (Phi) is 3.57. The van der Waals surface area contributed by atoms with Crippen LogP contribution in [-0.4, -0.2) is 11.1 Å². The van der Waals surface area contributed by atoms with Crippen LogP contribution < -0.4 is 0 Å². The van der Waals surface area contributed by atoms with Gasteiger partial charge in [-0.1, -0.05) is 26.2 Å². The molecule has 1 fully saturated rings. The number of carboxylic acid groups (broad SMARTS) is 1. The van der Waals surface area contributed by atoms with E-state index in [4.69, 9.17) is 5.11 Å². The molecule has 0 amide bonds. The highest BCUT2D eigenvalue weighted by Gasteiger charge is 2.22. The molecular formula is C10H18O2. The summed E-state index contributed by atoms with van der Waals surface area (Å²) in [5.41, 5.74) is 0. The van der Waals surface area contributed by atoms with E-state index in [9.17, 15) is 4.79 Å². The monoisotopic (exact) mass is 170 g/mol. The van der Waals surface area contributed by atoms with Crippen LogP contribution >= 0.6 is 0 Å². The van der Waals surface area contributed by atoms with E-state index >= 15 is 0 Å². The molecule has 0 aromatic rings. The molecule has 1 N–H and O–H groups in total. The fraction of sp³-hybridized carbons (Fsp3) is 0.900. The minimum Gasteiger partial charge on any atom is -0.481 e. The van der Waals surface area contributed by atoms with Gasteiger partial charge in [0.2, 0.25) is 0 Å². The van der Waals surface area contributed by atoms with Crippen LogP contribution in [0.5, 0.6) is 0 Å². The molecule has 0 aliphatic heterocycles. The average molecular weight is 170 g/mol. The molecule has 2 unspecified atom stereocenters. The van der Waals surface area contributed by atoms with E-state index in [2.05, 4.69) is 6.92 Å². The average Bonchev–Trinajstić information content (AvgIpc) is 2.28. The van der Waals surface area contributed by atoms with Crippen molar-refractivity contribution >= 4 is 5.97 Å². The molecule has 0 aromatic heterocycles. The van der Waals surface area contributed by atoms with Crippen LogP contribution in [0.1, 0.15) is 45.4 Å². The lowest BCUT2D eigenvalue weighted by Crippen LogP contribution is -2.12. The topological polar surface area (TPSA) is 37.3 Å². The molecule has 70 valence electrons. The highest BCUT2D eigenvalue weighted by molar-refractivity contribution is 5.69. The van der Waals surface area contributed by atoms with Crippen molar-refractivity contribution in [3.05, 3.63) is 0 Å². The fourth-order valence-electron chi connectivity index (χ4n) is 2.03. The summed E-state index contributed by atoms with van der Waals surface area (Å²) >= 11 is 0. The van der Waals surface area contributed by atoms with Gasteiger partial charge in [-0.05, 0) is 25.2 Å². The molecule has 0 bridgehead atoms. The maximum Gasteiger partial charge on any atom is 0.306 e. The Morgan fingerprint density at radius 1 is 1.33 bits per heavy atom. The van der Waals surface area contributed by atoms with Crippen molar-refractivity contribution in [3.8, 4) is 0 Å². The van der Waals surface area contributed by atoms with Gasteiger partial charge in [0.15, 0.2) is 0 Å². The Hall–Kier alpha value is -0.530. The fourth-order valence-corrected chi connectivity index (χ4v) is 2.03. The molecule has 0 heterocycles. The van der Waals surface area contributed by atoms with Gasteiger partial charge in [-0.2, -0.15) is 0 Å². The third-order valence-corrected chi connectivity index (χ3v) is 3.01. The maximum atomic E-state index is 10.7. The highest BCUT2D eigenvalue weighted by Crippen LogP contribution is 2.28. The minimum absolute atomic E-state index is 0.0541. The van der Waals surface area contributed by atoms with Crippen molar-refractivity contribution in [1.29, 1.82) is 0 Å². The summed E-state index contributed by atoms with van der Waals surface area (Å²) in [7, 11) is 0. The van der Waals surface area contributed by atoms with Crippen molar-refractivity contribution in [2.24, 2.45) is 11.8 Å². The lowest BCUT2D eigenvalue weighted by molar-refractivity contribution is -0.142. The van der Waals surface area contributed by atoms with E-state index in [1.54, 1.807) is 0 Å². The number of hydrogen-bond acceptors (Lipinski definition) is 1. The van der Waals surface area contributed by atoms with E-state index in [-0.39, 0.29) is 5.92 Å². The molecule has 1 saturated carbocycles. The van der Waals surface area contributed by atoms with Gasteiger partial charge >= 0.3 is 5.97 Å². The molecule has 1 aliphatic carbocycles. The van der Waals surface area contributed by atoms with Gasteiger partial charge in [-0.3, -0.25) is 4.79 Å². The van der Waals surface area contributed by atoms with Gasteiger partial charge < -0.3 is 5.11 Å². The quantitative estimate of drug-likeness (QED) is 0.647. The Morgan fingerprint density at radius 2 is 2.08 bits per heavy atom. The summed E-state index contributed by atoms with van der Waals surface area (Å²) in [4.78, 5) is 10.7. The van der Waals surface area contributed by atoms with Crippen molar-refractivity contribution in [1.82, 2.24) is 0 Å². The van der Waals surface area contributed by atoms with Crippen molar-refractivity contribution in [2.45, 2.75) is 45.4 Å². The van der Waals surface area contributed by atoms with Crippen LogP contribution in [0.15, 0.2) is 0 Å². The van der Waals surface area contributed by atoms with Crippen LogP contribution in [0.25, 0.3) is 0 Å². The molecule has 0 spiro atoms. The first kappa shape index (κ1) is 9.56. The predicted octanol–water partition coefficient (Wildman–Crippen LogP) is 2.68. The van der Waals surface area contributed by atoms with Crippen LogP contribution in [0.2, 0.25) is 0 Å². The highest BCUT2D eigenvalue weighted by atomic mass is 16.4. The van der Waals surface area contributed by atoms with Crippen molar-refractivity contribution in [3.63, 3.8) is 0 Å². The van der Waals surface area contributed by atoms with Gasteiger partial charge in [-0.15, -0.1) is 0 Å². The first-order valence-corrected chi connectivity index (χ1v) is 4.96. The molecular weight excluding hydrogens is 152 g/mol. The number of carboxylic acids is 1. The van der Waals surface area contributed by atoms with Crippen LogP contribution in [-0.2, 0) is 4.79 Å². The summed E-state index contributed by atoms with van der Waals surface area (Å²) in [6.07, 6.45) is 6.47. The van der Waals surface area contributed by atoms with Crippen molar-refractivity contribution in [2.75, 3.05) is 0 Å². The smallest absolute Gasteiger partial charge is 0.306 e. The van der Waals surface area contributed by atoms with E-state index < -0.39 is 5.97 Å². The molecule has 1 rings (SSSR count). The molecule has 1 aliphatic rings. The molecule has 0 radical (unpaired) electrons. The second-order valence-electron chi connectivity index (χ2n) is 3.82. The molecule has 2 atom stereocenters. The third kappa shape index (κ3) is 2.50. The van der Waals surface area contributed by atoms with Gasteiger partial charge in [-0.25, -0.2) is 0 Å². The molecule has 0 saturated heterocycles. The van der Waals surface area contributed by atoms with Crippen LogP contribution in [0.4, 0.5) is 0 Å². The van der Waals surface area contributed by atoms with E-state index in [0.29, 0.717) is 0 Å². The predicted molar refractivity (Wildman–Crippen MR) is 48.0 cm³/mol. The van der Waals surface area contributed by atoms with E-state index in [1.807, 2.05) is 0 Å². The lowest BCUT2D eigenvalue weighted by atomic mass is 9.96. The Bertz CT molecular complexity index is 154. The van der Waals surface area contributed by atoms with Crippen molar-refractivity contribution < 1.29 is 9.90 Å². The second kappa shape index (κ2) is 4.48. The molecule has 2 nitrogen and oxygen atoms in total. The van der Waals surface area contributed by atoms with E-state index in [1.165, 1.54) is 12.8 Å². The Balaban J connectivity index is 2.39. The number of hydrogen-bond donors (Lipinski definition) is 1. The number of carbonyl (C=O) groups is 1. The number of rotatable bonds is 2. The summed E-state index contributed by atoms with van der Waals surface area (Å²) in [5.74, 6) is 0.141. The SMILES string of the molecule is CCC1CCCC(C(=O)O)CC1. The minimum atomic E-state index is -0.591. The second-order valence-corrected chi connectivity index (χ2v) is 3.82. The normalized spacial score (nSPS) is 31.1. The largest absolute Gasteiger partial charge is 0.481 e. The lowest BCUT2D eigenvalue weighted by Gasteiger charge is -2.09. The van der Waals surface area contributed by atoms with Gasteiger partial charge in [0.1, 0.15) is 0 Å². The summed E-state index contributed by atoms with van der Waals surface area (Å²) in [6, 6.07) is 0. The Labute approximate surface area is 74.0 Å². The van der Waals surface area contributed by atoms with Gasteiger partial charge in [0.05, 0.1) is 5.92 Å².